The average molecular weight is 544 g/mol. The molecule has 1 saturated heterocycles. The fourth-order valence-corrected chi connectivity index (χ4v) is 5.84. The molecule has 4 rings (SSSR count). The van der Waals surface area contributed by atoms with Crippen LogP contribution < -0.4 is 20.1 Å². The van der Waals surface area contributed by atoms with E-state index in [-0.39, 0.29) is 18.1 Å². The van der Waals surface area contributed by atoms with Gasteiger partial charge in [0.05, 0.1) is 23.4 Å². The van der Waals surface area contributed by atoms with Crippen molar-refractivity contribution in [3.63, 3.8) is 0 Å². The lowest BCUT2D eigenvalue weighted by Crippen LogP contribution is -2.45. The minimum atomic E-state index is -3.91. The summed E-state index contributed by atoms with van der Waals surface area (Å²) in [5.74, 6) is -0.00192. The molecule has 1 amide bonds. The zero-order valence-corrected chi connectivity index (χ0v) is 22.3. The van der Waals surface area contributed by atoms with Crippen molar-refractivity contribution in [3.8, 4) is 5.75 Å². The number of hydrogen-bond acceptors (Lipinski definition) is 10. The van der Waals surface area contributed by atoms with Gasteiger partial charge in [0.25, 0.3) is 5.91 Å². The highest BCUT2D eigenvalue weighted by atomic mass is 32.2. The second-order valence-electron chi connectivity index (χ2n) is 9.00. The van der Waals surface area contributed by atoms with Crippen molar-refractivity contribution in [1.29, 1.82) is 0 Å². The van der Waals surface area contributed by atoms with Crippen LogP contribution >= 0.6 is 0 Å². The smallest absolute Gasteiger partial charge is 0.268 e. The highest BCUT2D eigenvalue weighted by molar-refractivity contribution is 7.90. The Morgan fingerprint density at radius 3 is 2.50 bits per heavy atom. The van der Waals surface area contributed by atoms with Gasteiger partial charge in [0.1, 0.15) is 11.4 Å². The number of carbonyl (C=O) groups excluding carboxylic acids is 1. The van der Waals surface area contributed by atoms with Gasteiger partial charge < -0.3 is 25.2 Å². The maximum Gasteiger partial charge on any atom is 0.268 e. The number of aliphatic hydroxyl groups excluding tert-OH is 1. The maximum atomic E-state index is 13.3. The molecular weight excluding hydrogens is 510 g/mol. The molecule has 2 heterocycles. The molecular formula is C26H33N5O6S. The fourth-order valence-electron chi connectivity index (χ4n) is 4.43. The molecule has 12 heteroatoms. The third kappa shape index (κ3) is 6.38. The minimum Gasteiger partial charge on any atom is -0.497 e. The molecule has 1 aliphatic rings. The number of nitrogens with one attached hydrogen (secondary N) is 3. The highest BCUT2D eigenvalue weighted by Crippen LogP contribution is 2.31. The van der Waals surface area contributed by atoms with Gasteiger partial charge in [-0.05, 0) is 62.5 Å². The molecule has 1 unspecified atom stereocenters. The van der Waals surface area contributed by atoms with Crippen LogP contribution in [-0.4, -0.2) is 68.6 Å². The number of carbonyl (C=O) groups is 1. The molecule has 2 aromatic carbocycles. The zero-order chi connectivity index (χ0) is 27.1. The van der Waals surface area contributed by atoms with Crippen LogP contribution in [0.4, 0.5) is 11.5 Å². The Morgan fingerprint density at radius 2 is 1.84 bits per heavy atom. The van der Waals surface area contributed by atoms with Crippen LogP contribution in [0.5, 0.6) is 5.75 Å². The van der Waals surface area contributed by atoms with Gasteiger partial charge in [-0.3, -0.25) is 9.52 Å². The SMILES string of the molecule is COc1ccc(CCCO)c(Nc2nc3ccccc3nc2C(OC)C(=O)NS(=O)(=O)C2CCNCC2)c1. The minimum absolute atomic E-state index is 0.0317. The lowest BCUT2D eigenvalue weighted by Gasteiger charge is -2.24. The average Bonchev–Trinajstić information content (AvgIpc) is 2.93. The molecule has 0 radical (unpaired) electrons. The van der Waals surface area contributed by atoms with E-state index in [2.05, 4.69) is 20.3 Å². The number of piperidine rings is 1. The number of aromatic nitrogens is 2. The van der Waals surface area contributed by atoms with E-state index in [1.807, 2.05) is 18.2 Å². The second-order valence-corrected chi connectivity index (χ2v) is 11.0. The number of fused-ring (bicyclic) bond motifs is 1. The number of benzene rings is 2. The first-order valence-corrected chi connectivity index (χ1v) is 14.0. The quantitative estimate of drug-likeness (QED) is 0.283. The number of anilines is 2. The number of nitrogens with zero attached hydrogens (tertiary/aromatic N) is 2. The largest absolute Gasteiger partial charge is 0.497 e. The molecule has 38 heavy (non-hydrogen) atoms. The van der Waals surface area contributed by atoms with Gasteiger partial charge in [0, 0.05) is 25.5 Å². The Morgan fingerprint density at radius 1 is 1.13 bits per heavy atom. The predicted octanol–water partition coefficient (Wildman–Crippen LogP) is 2.19. The molecule has 11 nitrogen and oxygen atoms in total. The summed E-state index contributed by atoms with van der Waals surface area (Å²) in [5, 5.41) is 15.1. The van der Waals surface area contributed by atoms with Crippen LogP contribution in [-0.2, 0) is 26.0 Å². The van der Waals surface area contributed by atoms with E-state index in [9.17, 15) is 18.3 Å². The van der Waals surface area contributed by atoms with Crippen LogP contribution in [0.15, 0.2) is 42.5 Å². The molecule has 3 aromatic rings. The summed E-state index contributed by atoms with van der Waals surface area (Å²) < 4.78 is 39.0. The van der Waals surface area contributed by atoms with Gasteiger partial charge in [-0.2, -0.15) is 0 Å². The number of para-hydroxylation sites is 2. The lowest BCUT2D eigenvalue weighted by molar-refractivity contribution is -0.129. The number of rotatable bonds is 11. The zero-order valence-electron chi connectivity index (χ0n) is 21.4. The fraction of sp³-hybridized carbons (Fsp3) is 0.423. The van der Waals surface area contributed by atoms with Crippen molar-refractivity contribution < 1.29 is 27.8 Å². The van der Waals surface area contributed by atoms with Crippen molar-refractivity contribution in [2.75, 3.05) is 39.2 Å². The number of amides is 1. The van der Waals surface area contributed by atoms with Crippen LogP contribution in [0.1, 0.15) is 36.6 Å². The van der Waals surface area contributed by atoms with E-state index in [0.29, 0.717) is 61.2 Å². The van der Waals surface area contributed by atoms with E-state index in [1.165, 1.54) is 7.11 Å². The number of hydrogen-bond donors (Lipinski definition) is 4. The van der Waals surface area contributed by atoms with Crippen molar-refractivity contribution >= 4 is 38.5 Å². The standard InChI is InChI=1S/C26H33N5O6S/c1-36-18-10-9-17(6-5-15-32)22(16-18)30-25-23(28-20-7-3-4-8-21(20)29-25)24(37-2)26(33)31-38(34,35)19-11-13-27-14-12-19/h3-4,7-10,16,19,24,27,32H,5-6,11-15H2,1-2H3,(H,29,30)(H,31,33). The summed E-state index contributed by atoms with van der Waals surface area (Å²) in [6.07, 6.45) is 0.610. The first-order chi connectivity index (χ1) is 18.4. The summed E-state index contributed by atoms with van der Waals surface area (Å²) in [5.41, 5.74) is 2.79. The molecule has 0 bridgehead atoms. The van der Waals surface area contributed by atoms with Gasteiger partial charge in [0.2, 0.25) is 10.0 Å². The van der Waals surface area contributed by atoms with Crippen LogP contribution in [0, 0.1) is 0 Å². The van der Waals surface area contributed by atoms with E-state index < -0.39 is 27.3 Å². The topological polar surface area (TPSA) is 152 Å². The van der Waals surface area contributed by atoms with E-state index in [4.69, 9.17) is 14.5 Å². The summed E-state index contributed by atoms with van der Waals surface area (Å²) in [6.45, 7) is 1.16. The molecule has 1 fully saturated rings. The monoisotopic (exact) mass is 543 g/mol. The second kappa shape index (κ2) is 12.5. The normalized spacial score (nSPS) is 15.2. The third-order valence-electron chi connectivity index (χ3n) is 6.46. The van der Waals surface area contributed by atoms with Crippen molar-refractivity contribution in [2.24, 2.45) is 0 Å². The van der Waals surface area contributed by atoms with E-state index in [1.54, 1.807) is 31.4 Å². The first-order valence-electron chi connectivity index (χ1n) is 12.5. The Kier molecular flexibility index (Phi) is 9.10. The summed E-state index contributed by atoms with van der Waals surface area (Å²) in [7, 11) is -1.04. The van der Waals surface area contributed by atoms with Gasteiger partial charge in [0.15, 0.2) is 11.9 Å². The summed E-state index contributed by atoms with van der Waals surface area (Å²) in [6, 6.07) is 12.7. The number of sulfonamides is 1. The van der Waals surface area contributed by atoms with Gasteiger partial charge in [-0.1, -0.05) is 18.2 Å². The van der Waals surface area contributed by atoms with Crippen LogP contribution in [0.2, 0.25) is 0 Å². The number of aryl methyl sites for hydroxylation is 1. The molecule has 1 aliphatic heterocycles. The number of aliphatic hydroxyl groups is 1. The lowest BCUT2D eigenvalue weighted by atomic mass is 10.1. The van der Waals surface area contributed by atoms with Crippen molar-refractivity contribution in [1.82, 2.24) is 20.0 Å². The maximum absolute atomic E-state index is 13.3. The Hall–Kier alpha value is -3.32. The van der Waals surface area contributed by atoms with Crippen molar-refractivity contribution in [3.05, 3.63) is 53.7 Å². The molecule has 0 saturated carbocycles. The van der Waals surface area contributed by atoms with E-state index >= 15 is 0 Å². The number of methoxy groups -OCH3 is 2. The highest BCUT2D eigenvalue weighted by Gasteiger charge is 2.34. The van der Waals surface area contributed by atoms with Crippen molar-refractivity contribution in [2.45, 2.75) is 37.0 Å². The summed E-state index contributed by atoms with van der Waals surface area (Å²) in [4.78, 5) is 22.7. The Balaban J connectivity index is 1.73. The predicted molar refractivity (Wildman–Crippen MR) is 144 cm³/mol. The first kappa shape index (κ1) is 27.7. The molecule has 204 valence electrons. The Bertz CT molecular complexity index is 1380. The molecule has 4 N–H and O–H groups in total. The third-order valence-corrected chi connectivity index (χ3v) is 8.30. The van der Waals surface area contributed by atoms with E-state index in [0.717, 1.165) is 5.56 Å². The molecule has 0 spiro atoms. The molecule has 1 atom stereocenters. The van der Waals surface area contributed by atoms with Crippen LogP contribution in [0.3, 0.4) is 0 Å². The van der Waals surface area contributed by atoms with Gasteiger partial charge >= 0.3 is 0 Å². The Labute approximate surface area is 222 Å². The van der Waals surface area contributed by atoms with Gasteiger partial charge in [-0.25, -0.2) is 18.4 Å². The summed E-state index contributed by atoms with van der Waals surface area (Å²) >= 11 is 0. The number of ether oxygens (including phenoxy) is 2. The molecule has 0 aliphatic carbocycles. The van der Waals surface area contributed by atoms with Gasteiger partial charge in [-0.15, -0.1) is 0 Å². The molecule has 1 aromatic heterocycles. The van der Waals surface area contributed by atoms with Crippen LogP contribution in [0.25, 0.3) is 11.0 Å².